The zero-order valence-electron chi connectivity index (χ0n) is 13.5. The van der Waals surface area contributed by atoms with Crippen LogP contribution in [0.4, 0.5) is 15.9 Å². The van der Waals surface area contributed by atoms with Gasteiger partial charge in [-0.05, 0) is 23.8 Å². The second-order valence-corrected chi connectivity index (χ2v) is 7.02. The summed E-state index contributed by atoms with van der Waals surface area (Å²) in [7, 11) is 0. The Hall–Kier alpha value is -2.64. The third-order valence-corrected chi connectivity index (χ3v) is 5.10. The molecule has 0 aliphatic heterocycles. The maximum absolute atomic E-state index is 12.6. The van der Waals surface area contributed by atoms with Gasteiger partial charge in [0.25, 0.3) is 0 Å². The third kappa shape index (κ3) is 3.49. The number of halogens is 2. The summed E-state index contributed by atoms with van der Waals surface area (Å²) < 4.78 is 12.6. The lowest BCUT2D eigenvalue weighted by Gasteiger charge is -2.05. The van der Waals surface area contributed by atoms with Crippen LogP contribution in [0.1, 0.15) is 16.3 Å². The van der Waals surface area contributed by atoms with Crippen molar-refractivity contribution in [3.8, 4) is 0 Å². The van der Waals surface area contributed by atoms with Crippen molar-refractivity contribution in [3.05, 3.63) is 70.2 Å². The van der Waals surface area contributed by atoms with Crippen molar-refractivity contribution in [1.82, 2.24) is 19.9 Å². The Morgan fingerprint density at radius 3 is 2.73 bits per heavy atom. The third-order valence-electron chi connectivity index (χ3n) is 3.76. The minimum absolute atomic E-state index is 0.388. The van der Waals surface area contributed by atoms with Gasteiger partial charge in [0, 0.05) is 11.4 Å². The van der Waals surface area contributed by atoms with E-state index in [0.717, 1.165) is 20.4 Å². The molecule has 8 heteroatoms. The predicted molar refractivity (Wildman–Crippen MR) is 102 cm³/mol. The quantitative estimate of drug-likeness (QED) is 0.527. The molecule has 4 aromatic rings. The Morgan fingerprint density at radius 2 is 1.96 bits per heavy atom. The Morgan fingerprint density at radius 1 is 1.08 bits per heavy atom. The van der Waals surface area contributed by atoms with Crippen LogP contribution in [0.5, 0.6) is 0 Å². The van der Waals surface area contributed by atoms with Gasteiger partial charge < -0.3 is 5.32 Å². The second kappa shape index (κ2) is 7.31. The van der Waals surface area contributed by atoms with Crippen LogP contribution < -0.4 is 5.32 Å². The van der Waals surface area contributed by atoms with Gasteiger partial charge in [0.15, 0.2) is 5.82 Å². The van der Waals surface area contributed by atoms with E-state index in [-0.39, 0.29) is 0 Å². The van der Waals surface area contributed by atoms with E-state index in [4.69, 9.17) is 11.6 Å². The van der Waals surface area contributed by atoms with Gasteiger partial charge in [0.1, 0.15) is 28.4 Å². The first-order chi connectivity index (χ1) is 12.7. The average Bonchev–Trinajstić information content (AvgIpc) is 3.08. The van der Waals surface area contributed by atoms with Crippen LogP contribution >= 0.6 is 22.9 Å². The van der Waals surface area contributed by atoms with E-state index in [9.17, 15) is 4.39 Å². The molecular weight excluding hydrogens is 373 g/mol. The van der Waals surface area contributed by atoms with Gasteiger partial charge in [-0.3, -0.25) is 4.98 Å². The Kier molecular flexibility index (Phi) is 4.73. The van der Waals surface area contributed by atoms with Gasteiger partial charge in [-0.1, -0.05) is 41.1 Å². The van der Waals surface area contributed by atoms with Gasteiger partial charge >= 0.3 is 0 Å². The molecule has 0 bridgehead atoms. The summed E-state index contributed by atoms with van der Waals surface area (Å²) in [6, 6.07) is 11.1. The number of anilines is 2. The number of rotatable bonds is 5. The first-order valence-electron chi connectivity index (χ1n) is 7.84. The highest BCUT2D eigenvalue weighted by Gasteiger charge is 2.12. The lowest BCUT2D eigenvalue weighted by atomic mass is 10.2. The van der Waals surface area contributed by atoms with E-state index in [2.05, 4.69) is 25.3 Å². The molecule has 0 saturated heterocycles. The molecule has 1 N–H and O–H groups in total. The van der Waals surface area contributed by atoms with E-state index in [0.29, 0.717) is 29.1 Å². The van der Waals surface area contributed by atoms with Gasteiger partial charge in [-0.15, -0.1) is 0 Å². The molecule has 1 aromatic carbocycles. The highest BCUT2D eigenvalue weighted by Crippen LogP contribution is 2.29. The molecule has 0 atom stereocenters. The number of hydrogen-bond donors (Lipinski definition) is 1. The van der Waals surface area contributed by atoms with Crippen LogP contribution in [-0.4, -0.2) is 19.9 Å². The number of pyridine rings is 1. The van der Waals surface area contributed by atoms with E-state index in [1.807, 2.05) is 24.3 Å². The standard InChI is InChI=1S/C18H13ClFN5S/c19-14-4-2-1-3-11(14)7-15-25-16-17(22-10-23-18(16)26-15)24-13-6-5-12(8-20)21-9-13/h1-6,9-10H,7-8H2,(H,22,23,24). The van der Waals surface area contributed by atoms with Crippen molar-refractivity contribution in [3.63, 3.8) is 0 Å². The van der Waals surface area contributed by atoms with Crippen molar-refractivity contribution >= 4 is 44.8 Å². The van der Waals surface area contributed by atoms with E-state index < -0.39 is 6.67 Å². The molecule has 0 radical (unpaired) electrons. The highest BCUT2D eigenvalue weighted by atomic mass is 35.5. The lowest BCUT2D eigenvalue weighted by Crippen LogP contribution is -1.97. The molecule has 0 amide bonds. The van der Waals surface area contributed by atoms with Gasteiger partial charge in [-0.25, -0.2) is 19.3 Å². The molecule has 0 saturated carbocycles. The monoisotopic (exact) mass is 385 g/mol. The van der Waals surface area contributed by atoms with Crippen LogP contribution in [0.15, 0.2) is 48.9 Å². The summed E-state index contributed by atoms with van der Waals surface area (Å²) in [6.45, 7) is -0.588. The Bertz CT molecular complexity index is 1050. The zero-order chi connectivity index (χ0) is 17.9. The van der Waals surface area contributed by atoms with Crippen LogP contribution in [0.25, 0.3) is 10.3 Å². The Balaban J connectivity index is 1.63. The molecule has 0 aliphatic rings. The van der Waals surface area contributed by atoms with Crippen molar-refractivity contribution in [2.75, 3.05) is 5.32 Å². The van der Waals surface area contributed by atoms with Gasteiger partial charge in [0.05, 0.1) is 17.6 Å². The molecule has 3 aromatic heterocycles. The van der Waals surface area contributed by atoms with Crippen LogP contribution in [0.3, 0.4) is 0 Å². The maximum atomic E-state index is 12.6. The lowest BCUT2D eigenvalue weighted by molar-refractivity contribution is 0.476. The fourth-order valence-electron chi connectivity index (χ4n) is 2.48. The minimum atomic E-state index is -0.588. The molecule has 5 nitrogen and oxygen atoms in total. The van der Waals surface area contributed by atoms with Crippen molar-refractivity contribution < 1.29 is 4.39 Å². The summed E-state index contributed by atoms with van der Waals surface area (Å²) in [6.07, 6.45) is 3.69. The maximum Gasteiger partial charge on any atom is 0.161 e. The highest BCUT2D eigenvalue weighted by molar-refractivity contribution is 7.18. The smallest absolute Gasteiger partial charge is 0.161 e. The average molecular weight is 386 g/mol. The number of nitrogens with one attached hydrogen (secondary N) is 1. The van der Waals surface area contributed by atoms with Crippen molar-refractivity contribution in [2.24, 2.45) is 0 Å². The number of hydrogen-bond acceptors (Lipinski definition) is 6. The van der Waals surface area contributed by atoms with Gasteiger partial charge in [-0.2, -0.15) is 0 Å². The number of aromatic nitrogens is 4. The Labute approximate surface area is 157 Å². The first-order valence-corrected chi connectivity index (χ1v) is 9.04. The van der Waals surface area contributed by atoms with Crippen molar-refractivity contribution in [1.29, 1.82) is 0 Å². The summed E-state index contributed by atoms with van der Waals surface area (Å²) in [5, 5.41) is 4.79. The predicted octanol–water partition coefficient (Wildman–Crippen LogP) is 4.94. The molecule has 4 rings (SSSR count). The molecule has 0 aliphatic carbocycles. The molecule has 0 spiro atoms. The molecule has 26 heavy (non-hydrogen) atoms. The summed E-state index contributed by atoms with van der Waals surface area (Å²) in [4.78, 5) is 18.1. The molecule has 0 fully saturated rings. The summed E-state index contributed by atoms with van der Waals surface area (Å²) in [5.41, 5.74) is 2.80. The molecule has 130 valence electrons. The largest absolute Gasteiger partial charge is 0.337 e. The number of thiazole rings is 1. The number of benzene rings is 1. The van der Waals surface area contributed by atoms with Crippen LogP contribution in [0, 0.1) is 0 Å². The zero-order valence-corrected chi connectivity index (χ0v) is 15.1. The normalized spacial score (nSPS) is 11.0. The summed E-state index contributed by atoms with van der Waals surface area (Å²) >= 11 is 7.74. The molecular formula is C18H13ClFN5S. The molecule has 3 heterocycles. The fraction of sp³-hybridized carbons (Fsp3) is 0.111. The van der Waals surface area contributed by atoms with E-state index in [1.165, 1.54) is 17.7 Å². The fourth-order valence-corrected chi connectivity index (χ4v) is 3.61. The SMILES string of the molecule is FCc1ccc(Nc2ncnc3sc(Cc4ccccc4Cl)nc23)cn1. The summed E-state index contributed by atoms with van der Waals surface area (Å²) in [5.74, 6) is 0.589. The topological polar surface area (TPSA) is 63.6 Å². The van der Waals surface area contributed by atoms with Crippen LogP contribution in [0.2, 0.25) is 5.02 Å². The van der Waals surface area contributed by atoms with E-state index in [1.54, 1.807) is 18.3 Å². The number of alkyl halides is 1. The van der Waals surface area contributed by atoms with Crippen LogP contribution in [-0.2, 0) is 13.1 Å². The minimum Gasteiger partial charge on any atom is -0.337 e. The van der Waals surface area contributed by atoms with Crippen molar-refractivity contribution in [2.45, 2.75) is 13.1 Å². The van der Waals surface area contributed by atoms with E-state index >= 15 is 0 Å². The first kappa shape index (κ1) is 16.8. The molecule has 0 unspecified atom stereocenters. The number of fused-ring (bicyclic) bond motifs is 1. The number of nitrogens with zero attached hydrogens (tertiary/aromatic N) is 4. The van der Waals surface area contributed by atoms with Gasteiger partial charge in [0.2, 0.25) is 0 Å². The second-order valence-electron chi connectivity index (χ2n) is 5.55.